The number of nitrogens with zero attached hydrogens (tertiary/aromatic N) is 1. The summed E-state index contributed by atoms with van der Waals surface area (Å²) in [5, 5.41) is 3.18. The van der Waals surface area contributed by atoms with Crippen molar-refractivity contribution in [1.82, 2.24) is 9.62 Å². The van der Waals surface area contributed by atoms with Crippen LogP contribution in [0, 0.1) is 0 Å². The highest BCUT2D eigenvalue weighted by Crippen LogP contribution is 2.31. The van der Waals surface area contributed by atoms with Crippen molar-refractivity contribution < 1.29 is 17.9 Å². The van der Waals surface area contributed by atoms with Crippen LogP contribution in [-0.4, -0.2) is 52.6 Å². The Labute approximate surface area is 131 Å². The molecule has 21 heavy (non-hydrogen) atoms. The summed E-state index contributed by atoms with van der Waals surface area (Å²) >= 11 is 0. The zero-order chi connectivity index (χ0) is 14.8. The number of hydrogen-bond donors (Lipinski definition) is 1. The van der Waals surface area contributed by atoms with Crippen LogP contribution in [-0.2, 0) is 10.0 Å². The third-order valence-corrected chi connectivity index (χ3v) is 5.43. The topological polar surface area (TPSA) is 67.9 Å². The number of halogens is 1. The average molecular weight is 337 g/mol. The number of benzene rings is 1. The molecule has 1 aliphatic heterocycles. The highest BCUT2D eigenvalue weighted by Gasteiger charge is 2.33. The number of hydrogen-bond acceptors (Lipinski definition) is 5. The molecule has 1 aliphatic rings. The van der Waals surface area contributed by atoms with Crippen LogP contribution in [0.1, 0.15) is 6.92 Å². The van der Waals surface area contributed by atoms with Gasteiger partial charge in [-0.3, -0.25) is 0 Å². The number of ether oxygens (including phenoxy) is 2. The summed E-state index contributed by atoms with van der Waals surface area (Å²) in [6.45, 7) is 3.63. The van der Waals surface area contributed by atoms with Gasteiger partial charge in [-0.1, -0.05) is 0 Å². The molecule has 8 heteroatoms. The normalized spacial score (nSPS) is 19.7. The lowest BCUT2D eigenvalue weighted by Crippen LogP contribution is -2.52. The molecule has 0 aliphatic carbocycles. The van der Waals surface area contributed by atoms with E-state index in [-0.39, 0.29) is 23.3 Å². The summed E-state index contributed by atoms with van der Waals surface area (Å²) in [5.74, 6) is 0.823. The van der Waals surface area contributed by atoms with Crippen LogP contribution >= 0.6 is 12.4 Å². The minimum absolute atomic E-state index is 0. The van der Waals surface area contributed by atoms with Gasteiger partial charge >= 0.3 is 0 Å². The minimum Gasteiger partial charge on any atom is -0.497 e. The van der Waals surface area contributed by atoms with Gasteiger partial charge in [-0.2, -0.15) is 4.31 Å². The molecular weight excluding hydrogens is 316 g/mol. The van der Waals surface area contributed by atoms with Crippen LogP contribution in [0.4, 0.5) is 0 Å². The number of methoxy groups -OCH3 is 2. The Bertz CT molecular complexity index is 580. The van der Waals surface area contributed by atoms with Crippen LogP contribution < -0.4 is 14.8 Å². The molecule has 0 spiro atoms. The fourth-order valence-electron chi connectivity index (χ4n) is 2.29. The van der Waals surface area contributed by atoms with E-state index in [1.807, 2.05) is 6.92 Å². The Kier molecular flexibility index (Phi) is 6.27. The third-order valence-electron chi connectivity index (χ3n) is 3.40. The van der Waals surface area contributed by atoms with E-state index < -0.39 is 10.0 Å². The second-order valence-electron chi connectivity index (χ2n) is 4.69. The van der Waals surface area contributed by atoms with E-state index in [1.165, 1.54) is 24.6 Å². The molecule has 0 unspecified atom stereocenters. The maximum Gasteiger partial charge on any atom is 0.247 e. The largest absolute Gasteiger partial charge is 0.497 e. The van der Waals surface area contributed by atoms with Gasteiger partial charge in [0, 0.05) is 31.7 Å². The lowest BCUT2D eigenvalue weighted by Gasteiger charge is -2.33. The molecule has 1 N–H and O–H groups in total. The minimum atomic E-state index is -3.60. The van der Waals surface area contributed by atoms with E-state index in [4.69, 9.17) is 9.47 Å². The quantitative estimate of drug-likeness (QED) is 0.892. The molecule has 1 aromatic rings. The smallest absolute Gasteiger partial charge is 0.247 e. The average Bonchev–Trinajstić information content (AvgIpc) is 2.46. The van der Waals surface area contributed by atoms with Crippen molar-refractivity contribution in [2.75, 3.05) is 33.9 Å². The highest BCUT2D eigenvalue weighted by atomic mass is 35.5. The Balaban J connectivity index is 0.00000220. The summed E-state index contributed by atoms with van der Waals surface area (Å²) in [7, 11) is -0.632. The van der Waals surface area contributed by atoms with Gasteiger partial charge in [-0.25, -0.2) is 8.42 Å². The Morgan fingerprint density at radius 2 is 2.00 bits per heavy atom. The van der Waals surface area contributed by atoms with Crippen LogP contribution in [0.5, 0.6) is 11.5 Å². The lowest BCUT2D eigenvalue weighted by molar-refractivity contribution is 0.282. The summed E-state index contributed by atoms with van der Waals surface area (Å²) in [5.41, 5.74) is 0. The summed E-state index contributed by atoms with van der Waals surface area (Å²) in [6, 6.07) is 4.70. The first-order valence-corrected chi connectivity index (χ1v) is 7.89. The molecule has 1 fully saturated rings. The van der Waals surface area contributed by atoms with Crippen molar-refractivity contribution in [3.8, 4) is 11.5 Å². The number of piperazine rings is 1. The van der Waals surface area contributed by atoms with Gasteiger partial charge in [0.15, 0.2) is 0 Å². The van der Waals surface area contributed by atoms with Crippen LogP contribution in [0.2, 0.25) is 0 Å². The van der Waals surface area contributed by atoms with Gasteiger partial charge in [0.2, 0.25) is 10.0 Å². The first kappa shape index (κ1) is 18.0. The molecule has 0 radical (unpaired) electrons. The van der Waals surface area contributed by atoms with E-state index in [0.29, 0.717) is 31.1 Å². The summed E-state index contributed by atoms with van der Waals surface area (Å²) in [4.78, 5) is 0.146. The Morgan fingerprint density at radius 3 is 2.57 bits per heavy atom. The molecule has 1 aromatic carbocycles. The van der Waals surface area contributed by atoms with E-state index in [0.717, 1.165) is 0 Å². The fourth-order valence-corrected chi connectivity index (χ4v) is 4.09. The van der Waals surface area contributed by atoms with Crippen LogP contribution in [0.15, 0.2) is 23.1 Å². The summed E-state index contributed by atoms with van der Waals surface area (Å²) in [6.07, 6.45) is 0. The van der Waals surface area contributed by atoms with Crippen molar-refractivity contribution in [2.24, 2.45) is 0 Å². The molecule has 0 aromatic heterocycles. The lowest BCUT2D eigenvalue weighted by atomic mass is 10.3. The molecular formula is C13H21ClN2O4S. The van der Waals surface area contributed by atoms with Crippen LogP contribution in [0.3, 0.4) is 0 Å². The predicted octanol–water partition coefficient (Wildman–Crippen LogP) is 1.11. The molecule has 0 bridgehead atoms. The SMILES string of the molecule is COc1ccc(OC)c(S(=O)(=O)N2CCNC[C@H]2C)c1.Cl. The first-order chi connectivity index (χ1) is 9.50. The Morgan fingerprint density at radius 1 is 1.29 bits per heavy atom. The van der Waals surface area contributed by atoms with Gasteiger partial charge in [0.05, 0.1) is 14.2 Å². The monoisotopic (exact) mass is 336 g/mol. The molecule has 6 nitrogen and oxygen atoms in total. The molecule has 1 saturated heterocycles. The number of rotatable bonds is 4. The number of nitrogens with one attached hydrogen (secondary N) is 1. The molecule has 0 amide bonds. The van der Waals surface area contributed by atoms with Crippen molar-refractivity contribution in [3.63, 3.8) is 0 Å². The van der Waals surface area contributed by atoms with Gasteiger partial charge in [-0.05, 0) is 19.1 Å². The van der Waals surface area contributed by atoms with E-state index >= 15 is 0 Å². The molecule has 2 rings (SSSR count). The Hall–Kier alpha value is -1.02. The molecule has 120 valence electrons. The van der Waals surface area contributed by atoms with Crippen molar-refractivity contribution in [2.45, 2.75) is 17.9 Å². The van der Waals surface area contributed by atoms with Gasteiger partial charge in [-0.15, -0.1) is 12.4 Å². The maximum absolute atomic E-state index is 12.8. The first-order valence-electron chi connectivity index (χ1n) is 6.45. The molecule has 1 atom stereocenters. The maximum atomic E-state index is 12.8. The predicted molar refractivity (Wildman–Crippen MR) is 83.0 cm³/mol. The van der Waals surface area contributed by atoms with Crippen molar-refractivity contribution >= 4 is 22.4 Å². The third kappa shape index (κ3) is 3.60. The zero-order valence-electron chi connectivity index (χ0n) is 12.3. The van der Waals surface area contributed by atoms with E-state index in [9.17, 15) is 8.42 Å². The second kappa shape index (κ2) is 7.31. The van der Waals surface area contributed by atoms with Crippen LogP contribution in [0.25, 0.3) is 0 Å². The highest BCUT2D eigenvalue weighted by molar-refractivity contribution is 7.89. The van der Waals surface area contributed by atoms with Gasteiger partial charge < -0.3 is 14.8 Å². The van der Waals surface area contributed by atoms with Gasteiger partial charge in [0.25, 0.3) is 0 Å². The van der Waals surface area contributed by atoms with Gasteiger partial charge in [0.1, 0.15) is 16.4 Å². The second-order valence-corrected chi connectivity index (χ2v) is 6.54. The van der Waals surface area contributed by atoms with Crippen molar-refractivity contribution in [3.05, 3.63) is 18.2 Å². The summed E-state index contributed by atoms with van der Waals surface area (Å²) < 4.78 is 37.4. The van der Waals surface area contributed by atoms with E-state index in [1.54, 1.807) is 12.1 Å². The fraction of sp³-hybridized carbons (Fsp3) is 0.538. The molecule has 1 heterocycles. The molecule has 0 saturated carbocycles. The zero-order valence-corrected chi connectivity index (χ0v) is 14.0. The van der Waals surface area contributed by atoms with E-state index in [2.05, 4.69) is 5.32 Å². The standard InChI is InChI=1S/C13H20N2O4S.ClH/c1-10-9-14-6-7-15(10)20(16,17)13-8-11(18-2)4-5-12(13)19-3;/h4-5,8,10,14H,6-7,9H2,1-3H3;1H/t10-;/m1./s1. The van der Waals surface area contributed by atoms with Crippen molar-refractivity contribution in [1.29, 1.82) is 0 Å². The number of sulfonamides is 1.